The molecule has 0 amide bonds. The van der Waals surface area contributed by atoms with Gasteiger partial charge in [0.15, 0.2) is 11.5 Å². The van der Waals surface area contributed by atoms with Crippen LogP contribution in [0.1, 0.15) is 17.0 Å². The lowest BCUT2D eigenvalue weighted by Crippen LogP contribution is -2.21. The van der Waals surface area contributed by atoms with Crippen molar-refractivity contribution in [2.24, 2.45) is 5.73 Å². The van der Waals surface area contributed by atoms with Gasteiger partial charge in [-0.1, -0.05) is 24.3 Å². The Morgan fingerprint density at radius 1 is 1.00 bits per heavy atom. The van der Waals surface area contributed by atoms with Gasteiger partial charge in [0, 0.05) is 16.3 Å². The molecule has 3 aromatic rings. The minimum absolute atomic E-state index is 0.0798. The van der Waals surface area contributed by atoms with Gasteiger partial charge in [-0.15, -0.1) is 0 Å². The summed E-state index contributed by atoms with van der Waals surface area (Å²) in [5, 5.41) is 11.6. The lowest BCUT2D eigenvalue weighted by Gasteiger charge is -2.28. The molecule has 0 aromatic heterocycles. The van der Waals surface area contributed by atoms with E-state index >= 15 is 0 Å². The van der Waals surface area contributed by atoms with Crippen LogP contribution in [0.4, 0.5) is 0 Å². The fraction of sp³-hybridized carbons (Fsp3) is 0.174. The number of benzene rings is 3. The Bertz CT molecular complexity index is 1230. The maximum atomic E-state index is 9.86. The summed E-state index contributed by atoms with van der Waals surface area (Å²) in [5.74, 6) is 2.12. The van der Waals surface area contributed by atoms with E-state index in [1.807, 2.05) is 42.5 Å². The second kappa shape index (κ2) is 7.81. The molecule has 1 aliphatic rings. The maximum Gasteiger partial charge on any atom is 0.205 e. The van der Waals surface area contributed by atoms with Crippen molar-refractivity contribution in [1.82, 2.24) is 0 Å². The molecule has 0 aliphatic carbocycles. The van der Waals surface area contributed by atoms with Crippen molar-refractivity contribution in [2.45, 2.75) is 5.92 Å². The molecule has 7 heteroatoms. The first kappa shape index (κ1) is 19.9. The smallest absolute Gasteiger partial charge is 0.205 e. The molecule has 0 bridgehead atoms. The van der Waals surface area contributed by atoms with Crippen LogP contribution >= 0.6 is 15.9 Å². The number of fused-ring (bicyclic) bond motifs is 3. The van der Waals surface area contributed by atoms with Crippen molar-refractivity contribution in [2.75, 3.05) is 21.3 Å². The Balaban J connectivity index is 2.01. The maximum absolute atomic E-state index is 9.86. The summed E-state index contributed by atoms with van der Waals surface area (Å²) in [5.41, 5.74) is 8.19. The van der Waals surface area contributed by atoms with Crippen LogP contribution in [0.3, 0.4) is 0 Å². The van der Waals surface area contributed by atoms with Gasteiger partial charge in [-0.2, -0.15) is 5.26 Å². The zero-order chi connectivity index (χ0) is 21.4. The molecule has 0 radical (unpaired) electrons. The standard InChI is InChI=1S/C23H19BrN2O4/c1-27-18-6-4-5-14-13(18)7-8-15-20(16(11-25)23(26)30-21(14)15)12-9-17(24)22(29-3)19(10-12)28-2/h4-10,20H,26H2,1-3H3. The minimum Gasteiger partial charge on any atom is -0.496 e. The quantitative estimate of drug-likeness (QED) is 0.591. The van der Waals surface area contributed by atoms with Crippen LogP contribution in [0.5, 0.6) is 23.0 Å². The van der Waals surface area contributed by atoms with E-state index in [1.54, 1.807) is 21.3 Å². The van der Waals surface area contributed by atoms with Crippen molar-refractivity contribution >= 4 is 26.7 Å². The number of rotatable bonds is 4. The molecule has 30 heavy (non-hydrogen) atoms. The normalized spacial score (nSPS) is 15.2. The Morgan fingerprint density at radius 3 is 2.43 bits per heavy atom. The van der Waals surface area contributed by atoms with Crippen LogP contribution < -0.4 is 24.7 Å². The molecule has 2 N–H and O–H groups in total. The number of methoxy groups -OCH3 is 3. The highest BCUT2D eigenvalue weighted by Gasteiger charge is 2.33. The topological polar surface area (TPSA) is 86.7 Å². The van der Waals surface area contributed by atoms with Gasteiger partial charge in [0.2, 0.25) is 5.88 Å². The first-order chi connectivity index (χ1) is 14.5. The SMILES string of the molecule is COc1cc(C2C(C#N)=C(N)Oc3c2ccc2c(OC)cccc32)cc(Br)c1OC. The van der Waals surface area contributed by atoms with Crippen molar-refractivity contribution < 1.29 is 18.9 Å². The van der Waals surface area contributed by atoms with E-state index in [9.17, 15) is 5.26 Å². The van der Waals surface area contributed by atoms with Gasteiger partial charge in [-0.25, -0.2) is 0 Å². The Morgan fingerprint density at radius 2 is 1.77 bits per heavy atom. The summed E-state index contributed by atoms with van der Waals surface area (Å²) < 4.78 is 23.1. The highest BCUT2D eigenvalue weighted by Crippen LogP contribution is 2.48. The van der Waals surface area contributed by atoms with E-state index in [-0.39, 0.29) is 5.88 Å². The largest absolute Gasteiger partial charge is 0.496 e. The fourth-order valence-electron chi connectivity index (χ4n) is 3.87. The van der Waals surface area contributed by atoms with Gasteiger partial charge < -0.3 is 24.7 Å². The molecule has 3 aromatic carbocycles. The van der Waals surface area contributed by atoms with Gasteiger partial charge in [-0.3, -0.25) is 0 Å². The van der Waals surface area contributed by atoms with Gasteiger partial charge in [0.05, 0.1) is 31.7 Å². The number of hydrogen-bond donors (Lipinski definition) is 1. The van der Waals surface area contributed by atoms with E-state index in [4.69, 9.17) is 24.7 Å². The van der Waals surface area contributed by atoms with Crippen molar-refractivity contribution in [3.05, 3.63) is 69.5 Å². The molecule has 1 atom stereocenters. The first-order valence-electron chi connectivity index (χ1n) is 9.12. The number of allylic oxidation sites excluding steroid dienone is 1. The van der Waals surface area contributed by atoms with Gasteiger partial charge in [0.25, 0.3) is 0 Å². The third-order valence-corrected chi connectivity index (χ3v) is 5.80. The van der Waals surface area contributed by atoms with Crippen LogP contribution in [-0.2, 0) is 0 Å². The second-order valence-corrected chi connectivity index (χ2v) is 7.56. The zero-order valence-electron chi connectivity index (χ0n) is 16.7. The van der Waals surface area contributed by atoms with E-state index in [2.05, 4.69) is 22.0 Å². The van der Waals surface area contributed by atoms with Crippen LogP contribution in [-0.4, -0.2) is 21.3 Å². The molecule has 0 saturated carbocycles. The molecule has 152 valence electrons. The van der Waals surface area contributed by atoms with E-state index < -0.39 is 5.92 Å². The highest BCUT2D eigenvalue weighted by molar-refractivity contribution is 9.10. The Labute approximate surface area is 182 Å². The van der Waals surface area contributed by atoms with Crippen LogP contribution in [0, 0.1) is 11.3 Å². The molecule has 4 rings (SSSR count). The highest BCUT2D eigenvalue weighted by atomic mass is 79.9. The fourth-order valence-corrected chi connectivity index (χ4v) is 4.49. The van der Waals surface area contributed by atoms with E-state index in [0.29, 0.717) is 27.3 Å². The lowest BCUT2D eigenvalue weighted by atomic mass is 9.82. The number of nitrogens with zero attached hydrogens (tertiary/aromatic N) is 1. The van der Waals surface area contributed by atoms with E-state index in [1.165, 1.54) is 0 Å². The number of halogens is 1. The predicted octanol–water partition coefficient (Wildman–Crippen LogP) is 4.85. The number of nitrogens with two attached hydrogens (primary N) is 1. The molecule has 1 aliphatic heterocycles. The van der Waals surface area contributed by atoms with Crippen molar-refractivity contribution in [3.8, 4) is 29.1 Å². The molecule has 0 fully saturated rings. The Hall–Kier alpha value is -3.37. The summed E-state index contributed by atoms with van der Waals surface area (Å²) in [7, 11) is 4.77. The summed E-state index contributed by atoms with van der Waals surface area (Å²) in [6.07, 6.45) is 0. The number of hydrogen-bond acceptors (Lipinski definition) is 6. The minimum atomic E-state index is -0.426. The average molecular weight is 467 g/mol. The molecule has 1 heterocycles. The van der Waals surface area contributed by atoms with Crippen LogP contribution in [0.15, 0.2) is 58.4 Å². The van der Waals surface area contributed by atoms with Gasteiger partial charge >= 0.3 is 0 Å². The molecule has 0 saturated heterocycles. The molecular formula is C23H19BrN2O4. The van der Waals surface area contributed by atoms with Crippen molar-refractivity contribution in [3.63, 3.8) is 0 Å². The molecule has 6 nitrogen and oxygen atoms in total. The molecular weight excluding hydrogens is 448 g/mol. The molecule has 0 spiro atoms. The van der Waals surface area contributed by atoms with Crippen molar-refractivity contribution in [1.29, 1.82) is 5.26 Å². The third-order valence-electron chi connectivity index (χ3n) is 5.21. The monoisotopic (exact) mass is 466 g/mol. The Kier molecular flexibility index (Phi) is 5.18. The first-order valence-corrected chi connectivity index (χ1v) is 9.92. The molecule has 1 unspecified atom stereocenters. The summed E-state index contributed by atoms with van der Waals surface area (Å²) in [6.45, 7) is 0. The van der Waals surface area contributed by atoms with Gasteiger partial charge in [-0.05, 0) is 39.7 Å². The number of ether oxygens (including phenoxy) is 4. The van der Waals surface area contributed by atoms with E-state index in [0.717, 1.165) is 27.6 Å². The van der Waals surface area contributed by atoms with Crippen LogP contribution in [0.25, 0.3) is 10.8 Å². The summed E-state index contributed by atoms with van der Waals surface area (Å²) in [6, 6.07) is 15.6. The average Bonchev–Trinajstić information content (AvgIpc) is 2.76. The zero-order valence-corrected chi connectivity index (χ0v) is 18.2. The third kappa shape index (κ3) is 3.01. The lowest BCUT2D eigenvalue weighted by molar-refractivity contribution is 0.352. The van der Waals surface area contributed by atoms with Gasteiger partial charge in [0.1, 0.15) is 23.1 Å². The summed E-state index contributed by atoms with van der Waals surface area (Å²) >= 11 is 3.54. The second-order valence-electron chi connectivity index (χ2n) is 6.70. The predicted molar refractivity (Wildman–Crippen MR) is 117 cm³/mol. The summed E-state index contributed by atoms with van der Waals surface area (Å²) in [4.78, 5) is 0. The van der Waals surface area contributed by atoms with Crippen LogP contribution in [0.2, 0.25) is 0 Å². The number of nitriles is 1.